The van der Waals surface area contributed by atoms with Crippen LogP contribution in [0.2, 0.25) is 0 Å². The molecule has 1 aliphatic heterocycles. The quantitative estimate of drug-likeness (QED) is 0.753. The van der Waals surface area contributed by atoms with Crippen LogP contribution in [0.25, 0.3) is 0 Å². The largest absolute Gasteiger partial charge is 0.371 e. The van der Waals surface area contributed by atoms with Crippen LogP contribution < -0.4 is 4.90 Å². The Hall–Kier alpha value is -0.830. The molecular formula is C16H22BrNO. The zero-order chi connectivity index (χ0) is 14.0. The summed E-state index contributed by atoms with van der Waals surface area (Å²) in [6.45, 7) is 8.39. The van der Waals surface area contributed by atoms with Gasteiger partial charge in [-0.25, -0.2) is 0 Å². The summed E-state index contributed by atoms with van der Waals surface area (Å²) in [5, 5.41) is 0. The normalized spacial score (nSPS) is 18.4. The Kier molecular flexibility index (Phi) is 4.34. The van der Waals surface area contributed by atoms with Gasteiger partial charge in [-0.05, 0) is 43.4 Å². The van der Waals surface area contributed by atoms with E-state index in [9.17, 15) is 4.79 Å². The van der Waals surface area contributed by atoms with Gasteiger partial charge in [-0.15, -0.1) is 0 Å². The van der Waals surface area contributed by atoms with E-state index in [1.54, 1.807) is 6.92 Å². The predicted octanol–water partition coefficient (Wildman–Crippen LogP) is 4.67. The molecule has 1 heterocycles. The maximum atomic E-state index is 11.8. The molecule has 0 aliphatic carbocycles. The second kappa shape index (κ2) is 5.66. The molecule has 1 aromatic rings. The van der Waals surface area contributed by atoms with Gasteiger partial charge in [0.1, 0.15) is 0 Å². The third-order valence-electron chi connectivity index (χ3n) is 4.50. The van der Waals surface area contributed by atoms with Crippen LogP contribution in [0.3, 0.4) is 0 Å². The monoisotopic (exact) mass is 323 g/mol. The zero-order valence-electron chi connectivity index (χ0n) is 12.0. The average molecular weight is 324 g/mol. The Morgan fingerprint density at radius 3 is 2.53 bits per heavy atom. The van der Waals surface area contributed by atoms with Crippen molar-refractivity contribution < 1.29 is 4.79 Å². The van der Waals surface area contributed by atoms with Crippen molar-refractivity contribution in [3.8, 4) is 0 Å². The number of ketones is 1. The van der Waals surface area contributed by atoms with Crippen molar-refractivity contribution in [3.63, 3.8) is 0 Å². The molecule has 0 unspecified atom stereocenters. The first-order valence-electron chi connectivity index (χ1n) is 7.00. The van der Waals surface area contributed by atoms with E-state index in [0.717, 1.165) is 28.8 Å². The minimum atomic E-state index is 0.139. The number of anilines is 1. The molecule has 2 rings (SSSR count). The second-order valence-corrected chi connectivity index (χ2v) is 6.78. The van der Waals surface area contributed by atoms with E-state index in [1.807, 2.05) is 12.1 Å². The summed E-state index contributed by atoms with van der Waals surface area (Å²) < 4.78 is 0.969. The topological polar surface area (TPSA) is 20.3 Å². The molecule has 2 nitrogen and oxygen atoms in total. The van der Waals surface area contributed by atoms with E-state index in [1.165, 1.54) is 19.3 Å². The lowest BCUT2D eigenvalue weighted by Crippen LogP contribution is -2.39. The first-order chi connectivity index (χ1) is 8.95. The molecule has 1 fully saturated rings. The molecule has 0 saturated carbocycles. The molecule has 0 atom stereocenters. The predicted molar refractivity (Wildman–Crippen MR) is 84.0 cm³/mol. The van der Waals surface area contributed by atoms with Crippen molar-refractivity contribution in [2.45, 2.75) is 40.0 Å². The lowest BCUT2D eigenvalue weighted by Gasteiger charge is -2.40. The molecule has 104 valence electrons. The van der Waals surface area contributed by atoms with Gasteiger partial charge in [0, 0.05) is 28.8 Å². The number of rotatable bonds is 3. The number of Topliss-reactive ketones (excluding diaryl/α,β-unsaturated/α-hetero) is 1. The average Bonchev–Trinajstić information content (AvgIpc) is 2.40. The van der Waals surface area contributed by atoms with Gasteiger partial charge in [-0.3, -0.25) is 4.79 Å². The van der Waals surface area contributed by atoms with Crippen LogP contribution in [0.1, 0.15) is 50.4 Å². The fourth-order valence-electron chi connectivity index (χ4n) is 2.71. The summed E-state index contributed by atoms with van der Waals surface area (Å²) in [7, 11) is 0. The maximum Gasteiger partial charge on any atom is 0.161 e. The minimum absolute atomic E-state index is 0.139. The van der Waals surface area contributed by atoms with Gasteiger partial charge in [0.05, 0.1) is 0 Å². The molecule has 3 heteroatoms. The molecule has 0 spiro atoms. The van der Waals surface area contributed by atoms with Gasteiger partial charge >= 0.3 is 0 Å². The van der Waals surface area contributed by atoms with Gasteiger partial charge in [-0.1, -0.05) is 36.2 Å². The number of nitrogens with zero attached hydrogens (tertiary/aromatic N) is 1. The Labute approximate surface area is 124 Å². The van der Waals surface area contributed by atoms with Crippen molar-refractivity contribution in [1.29, 1.82) is 0 Å². The van der Waals surface area contributed by atoms with E-state index < -0.39 is 0 Å². The molecule has 1 aliphatic rings. The van der Waals surface area contributed by atoms with Crippen molar-refractivity contribution in [2.24, 2.45) is 5.41 Å². The molecule has 0 bridgehead atoms. The standard InChI is InChI=1S/C16H22BrNO/c1-4-16(3)7-9-18(10-8-16)15-6-5-13(17)11-14(15)12(2)19/h5-6,11H,4,7-10H2,1-3H3. The van der Waals surface area contributed by atoms with Crippen LogP contribution in [-0.4, -0.2) is 18.9 Å². The fourth-order valence-corrected chi connectivity index (χ4v) is 3.07. The van der Waals surface area contributed by atoms with E-state index in [0.29, 0.717) is 5.41 Å². The molecule has 19 heavy (non-hydrogen) atoms. The number of benzene rings is 1. The molecule has 1 aromatic carbocycles. The minimum Gasteiger partial charge on any atom is -0.371 e. The summed E-state index contributed by atoms with van der Waals surface area (Å²) >= 11 is 3.45. The third-order valence-corrected chi connectivity index (χ3v) is 5.00. The number of hydrogen-bond acceptors (Lipinski definition) is 2. The molecule has 1 saturated heterocycles. The Morgan fingerprint density at radius 1 is 1.37 bits per heavy atom. The van der Waals surface area contributed by atoms with Gasteiger partial charge < -0.3 is 4.90 Å². The molecule has 0 radical (unpaired) electrons. The van der Waals surface area contributed by atoms with E-state index in [4.69, 9.17) is 0 Å². The first-order valence-corrected chi connectivity index (χ1v) is 7.80. The van der Waals surface area contributed by atoms with Crippen LogP contribution in [-0.2, 0) is 0 Å². The first kappa shape index (κ1) is 14.6. The number of carbonyl (C=O) groups excluding carboxylic acids is 1. The van der Waals surface area contributed by atoms with Gasteiger partial charge in [-0.2, -0.15) is 0 Å². The van der Waals surface area contributed by atoms with E-state index >= 15 is 0 Å². The van der Waals surface area contributed by atoms with Crippen LogP contribution in [0.4, 0.5) is 5.69 Å². The summed E-state index contributed by atoms with van der Waals surface area (Å²) in [5.74, 6) is 0.139. The summed E-state index contributed by atoms with van der Waals surface area (Å²) in [6.07, 6.45) is 3.65. The van der Waals surface area contributed by atoms with E-state index in [-0.39, 0.29) is 5.78 Å². The van der Waals surface area contributed by atoms with Crippen molar-refractivity contribution in [2.75, 3.05) is 18.0 Å². The molecule has 0 aromatic heterocycles. The maximum absolute atomic E-state index is 11.8. The van der Waals surface area contributed by atoms with Gasteiger partial charge in [0.2, 0.25) is 0 Å². The second-order valence-electron chi connectivity index (χ2n) is 5.87. The molecular weight excluding hydrogens is 302 g/mol. The van der Waals surface area contributed by atoms with Crippen molar-refractivity contribution in [3.05, 3.63) is 28.2 Å². The highest BCUT2D eigenvalue weighted by Crippen LogP contribution is 2.37. The van der Waals surface area contributed by atoms with Gasteiger partial charge in [0.25, 0.3) is 0 Å². The van der Waals surface area contributed by atoms with Crippen LogP contribution in [0.5, 0.6) is 0 Å². The lowest BCUT2D eigenvalue weighted by atomic mass is 9.78. The van der Waals surface area contributed by atoms with Gasteiger partial charge in [0.15, 0.2) is 5.78 Å². The van der Waals surface area contributed by atoms with E-state index in [2.05, 4.69) is 40.7 Å². The number of carbonyl (C=O) groups is 1. The smallest absolute Gasteiger partial charge is 0.161 e. The molecule has 0 amide bonds. The number of halogens is 1. The number of piperidine rings is 1. The Balaban J connectivity index is 2.22. The summed E-state index contributed by atoms with van der Waals surface area (Å²) in [6, 6.07) is 6.02. The fraction of sp³-hybridized carbons (Fsp3) is 0.562. The van der Waals surface area contributed by atoms with Crippen LogP contribution in [0, 0.1) is 5.41 Å². The summed E-state index contributed by atoms with van der Waals surface area (Å²) in [4.78, 5) is 14.2. The Bertz CT molecular complexity index is 476. The lowest BCUT2D eigenvalue weighted by molar-refractivity contribution is 0.101. The highest BCUT2D eigenvalue weighted by atomic mass is 79.9. The number of hydrogen-bond donors (Lipinski definition) is 0. The zero-order valence-corrected chi connectivity index (χ0v) is 13.6. The molecule has 0 N–H and O–H groups in total. The highest BCUT2D eigenvalue weighted by molar-refractivity contribution is 9.10. The van der Waals surface area contributed by atoms with Crippen LogP contribution in [0.15, 0.2) is 22.7 Å². The third kappa shape index (κ3) is 3.19. The summed E-state index contributed by atoms with van der Waals surface area (Å²) in [5.41, 5.74) is 2.39. The van der Waals surface area contributed by atoms with Crippen molar-refractivity contribution in [1.82, 2.24) is 0 Å². The van der Waals surface area contributed by atoms with Crippen LogP contribution >= 0.6 is 15.9 Å². The van der Waals surface area contributed by atoms with Crippen molar-refractivity contribution >= 4 is 27.4 Å². The SMILES string of the molecule is CCC1(C)CCN(c2ccc(Br)cc2C(C)=O)CC1. The Morgan fingerprint density at radius 2 is 2.00 bits per heavy atom. The highest BCUT2D eigenvalue weighted by Gasteiger charge is 2.29.